The Hall–Kier alpha value is -2.31. The maximum Gasteiger partial charge on any atom is 0.416 e. The fourth-order valence-electron chi connectivity index (χ4n) is 2.79. The molecule has 0 unspecified atom stereocenters. The van der Waals surface area contributed by atoms with Gasteiger partial charge in [0.2, 0.25) is 0 Å². The van der Waals surface area contributed by atoms with E-state index in [2.05, 4.69) is 15.9 Å². The molecule has 0 N–H and O–H groups in total. The van der Waals surface area contributed by atoms with E-state index in [-0.39, 0.29) is 11.0 Å². The van der Waals surface area contributed by atoms with E-state index < -0.39 is 17.7 Å². The predicted octanol–water partition coefficient (Wildman–Crippen LogP) is 4.85. The molecule has 0 aliphatic carbocycles. The van der Waals surface area contributed by atoms with Crippen LogP contribution in [0.15, 0.2) is 28.5 Å². The zero-order chi connectivity index (χ0) is 19.9. The van der Waals surface area contributed by atoms with Gasteiger partial charge >= 0.3 is 12.1 Å². The number of hydrogen-bond donors (Lipinski definition) is 0. The van der Waals surface area contributed by atoms with Crippen LogP contribution < -0.4 is 4.90 Å². The molecule has 1 aromatic rings. The van der Waals surface area contributed by atoms with E-state index in [0.29, 0.717) is 23.5 Å². The number of rotatable bonds is 4. The Labute approximate surface area is 151 Å². The molecule has 0 atom stereocenters. The summed E-state index contributed by atoms with van der Waals surface area (Å²) in [6, 6.07) is 1.88. The summed E-state index contributed by atoms with van der Waals surface area (Å²) in [6.45, 7) is 9.75. The molecule has 142 valence electrons. The normalized spacial score (nSPS) is 14.3. The van der Waals surface area contributed by atoms with Crippen LogP contribution in [0.25, 0.3) is 0 Å². The molecule has 1 aliphatic heterocycles. The fraction of sp³-hybridized carbons (Fsp3) is 0.474. The van der Waals surface area contributed by atoms with Gasteiger partial charge in [0.15, 0.2) is 0 Å². The van der Waals surface area contributed by atoms with Crippen LogP contribution in [-0.4, -0.2) is 25.8 Å². The number of benzene rings is 1. The van der Waals surface area contributed by atoms with E-state index >= 15 is 0 Å². The second-order valence-electron chi connectivity index (χ2n) is 7.07. The van der Waals surface area contributed by atoms with Crippen molar-refractivity contribution in [3.05, 3.63) is 40.2 Å². The number of anilines is 1. The number of carbonyl (C=O) groups excluding carboxylic acids is 1. The molecule has 26 heavy (non-hydrogen) atoms. The van der Waals surface area contributed by atoms with Crippen molar-refractivity contribution < 1.29 is 22.7 Å². The van der Waals surface area contributed by atoms with Crippen molar-refractivity contribution in [1.82, 2.24) is 0 Å². The van der Waals surface area contributed by atoms with Gasteiger partial charge in [-0.2, -0.15) is 13.2 Å². The summed E-state index contributed by atoms with van der Waals surface area (Å²) in [7, 11) is 1.14. The van der Waals surface area contributed by atoms with Gasteiger partial charge in [-0.15, -0.1) is 0 Å². The average Bonchev–Trinajstić information content (AvgIpc) is 2.48. The molecule has 0 saturated carbocycles. The third-order valence-electron chi connectivity index (χ3n) is 4.20. The topological polar surface area (TPSA) is 41.9 Å². The van der Waals surface area contributed by atoms with E-state index in [1.54, 1.807) is 11.8 Å². The molecule has 2 rings (SSSR count). The standard InChI is InChI=1S/C19H22F3N2O2/c1-7-24(15-10-23-16(15)18(3,4)5)14-9-12(19(20,21)22)8-13(11(14)2)17(25)26-6/h8-9H,7H2,1-6H3/q-1. The number of allylic oxidation sites excluding steroid dienone is 2. The van der Waals surface area contributed by atoms with Crippen molar-refractivity contribution in [2.45, 2.75) is 40.8 Å². The first kappa shape index (κ1) is 20.0. The number of carbonyl (C=O) groups is 1. The molecule has 0 bridgehead atoms. The SMILES string of the molecule is CCN(C1=C(C(C)(C)C)N=[C-]1)c1cc(C(F)(F)F)cc(C(=O)OC)c1C. The van der Waals surface area contributed by atoms with Gasteiger partial charge in [0.25, 0.3) is 0 Å². The molecule has 1 heterocycles. The van der Waals surface area contributed by atoms with Gasteiger partial charge in [-0.05, 0) is 48.4 Å². The van der Waals surface area contributed by atoms with Crippen LogP contribution in [-0.2, 0) is 10.9 Å². The second-order valence-corrected chi connectivity index (χ2v) is 7.07. The summed E-state index contributed by atoms with van der Waals surface area (Å²) < 4.78 is 44.7. The minimum atomic E-state index is -4.58. The van der Waals surface area contributed by atoms with Crippen molar-refractivity contribution >= 4 is 17.9 Å². The Balaban J connectivity index is 2.69. The molecule has 0 spiro atoms. The molecule has 0 saturated heterocycles. The van der Waals surface area contributed by atoms with Crippen LogP contribution in [0, 0.1) is 12.3 Å². The molecule has 0 radical (unpaired) electrons. The van der Waals surface area contributed by atoms with Crippen molar-refractivity contribution in [2.75, 3.05) is 18.6 Å². The van der Waals surface area contributed by atoms with E-state index in [0.717, 1.165) is 24.9 Å². The molecule has 0 amide bonds. The van der Waals surface area contributed by atoms with Gasteiger partial charge in [0.05, 0.1) is 18.2 Å². The molecular formula is C19H22F3N2O2-. The highest BCUT2D eigenvalue weighted by Crippen LogP contribution is 2.40. The first-order chi connectivity index (χ1) is 11.9. The van der Waals surface area contributed by atoms with E-state index in [1.165, 1.54) is 0 Å². The lowest BCUT2D eigenvalue weighted by molar-refractivity contribution is -0.137. The molecular weight excluding hydrogens is 345 g/mol. The molecule has 1 aliphatic rings. The second kappa shape index (κ2) is 6.78. The smallest absolute Gasteiger partial charge is 0.416 e. The summed E-state index contributed by atoms with van der Waals surface area (Å²) >= 11 is 0. The van der Waals surface area contributed by atoms with Crippen LogP contribution in [0.3, 0.4) is 0 Å². The van der Waals surface area contributed by atoms with E-state index in [4.69, 9.17) is 0 Å². The Morgan fingerprint density at radius 2 is 1.88 bits per heavy atom. The lowest BCUT2D eigenvalue weighted by Gasteiger charge is -2.41. The zero-order valence-corrected chi connectivity index (χ0v) is 15.7. The average molecular weight is 367 g/mol. The fourth-order valence-corrected chi connectivity index (χ4v) is 2.79. The molecule has 4 nitrogen and oxygen atoms in total. The van der Waals surface area contributed by atoms with Crippen molar-refractivity contribution in [3.63, 3.8) is 0 Å². The van der Waals surface area contributed by atoms with Crippen LogP contribution in [0.1, 0.15) is 49.2 Å². The number of nitrogens with zero attached hydrogens (tertiary/aromatic N) is 2. The maximum absolute atomic E-state index is 13.4. The van der Waals surface area contributed by atoms with Gasteiger partial charge in [0.1, 0.15) is 0 Å². The zero-order valence-electron chi connectivity index (χ0n) is 15.7. The number of methoxy groups -OCH3 is 1. The van der Waals surface area contributed by atoms with Crippen molar-refractivity contribution in [1.29, 1.82) is 0 Å². The lowest BCUT2D eigenvalue weighted by Crippen LogP contribution is -2.32. The molecule has 0 fully saturated rings. The Morgan fingerprint density at radius 3 is 2.27 bits per heavy atom. The van der Waals surface area contributed by atoms with Gasteiger partial charge in [0, 0.05) is 12.2 Å². The predicted molar refractivity (Wildman–Crippen MR) is 94.5 cm³/mol. The molecule has 1 aromatic carbocycles. The van der Waals surface area contributed by atoms with E-state index in [9.17, 15) is 18.0 Å². The number of hydrogen-bond acceptors (Lipinski definition) is 4. The lowest BCUT2D eigenvalue weighted by atomic mass is 9.88. The summed E-state index contributed by atoms with van der Waals surface area (Å²) in [5, 5.41) is 0. The summed E-state index contributed by atoms with van der Waals surface area (Å²) in [4.78, 5) is 17.9. The highest BCUT2D eigenvalue weighted by molar-refractivity contribution is 5.96. The quantitative estimate of drug-likeness (QED) is 0.565. The number of alkyl halides is 3. The number of halogens is 3. The first-order valence-corrected chi connectivity index (χ1v) is 8.21. The maximum atomic E-state index is 13.4. The number of ether oxygens (including phenoxy) is 1. The minimum Gasteiger partial charge on any atom is -0.465 e. The molecule has 0 aromatic heterocycles. The Kier molecular flexibility index (Phi) is 5.21. The van der Waals surface area contributed by atoms with Crippen LogP contribution in [0.2, 0.25) is 0 Å². The van der Waals surface area contributed by atoms with Gasteiger partial charge < -0.3 is 14.6 Å². The number of aliphatic imine (C=N–C) groups is 1. The van der Waals surface area contributed by atoms with Gasteiger partial charge in [-0.1, -0.05) is 27.0 Å². The summed E-state index contributed by atoms with van der Waals surface area (Å²) in [5.41, 5.74) is 0.836. The molecule has 7 heteroatoms. The van der Waals surface area contributed by atoms with Crippen LogP contribution in [0.4, 0.5) is 18.9 Å². The largest absolute Gasteiger partial charge is 0.465 e. The third-order valence-corrected chi connectivity index (χ3v) is 4.20. The summed E-state index contributed by atoms with van der Waals surface area (Å²) in [6.07, 6.45) is -1.75. The minimum absolute atomic E-state index is 0.107. The number of esters is 1. The Bertz CT molecular complexity index is 787. The first-order valence-electron chi connectivity index (χ1n) is 8.21. The monoisotopic (exact) mass is 367 g/mol. The van der Waals surface area contributed by atoms with Crippen molar-refractivity contribution in [3.8, 4) is 0 Å². The van der Waals surface area contributed by atoms with Crippen LogP contribution >= 0.6 is 0 Å². The third kappa shape index (κ3) is 3.61. The highest BCUT2D eigenvalue weighted by atomic mass is 19.4. The summed E-state index contributed by atoms with van der Waals surface area (Å²) in [5.74, 6) is -0.804. The van der Waals surface area contributed by atoms with Crippen LogP contribution in [0.5, 0.6) is 0 Å². The van der Waals surface area contributed by atoms with Gasteiger partial charge in [-0.25, -0.2) is 4.79 Å². The van der Waals surface area contributed by atoms with Crippen molar-refractivity contribution in [2.24, 2.45) is 10.4 Å². The highest BCUT2D eigenvalue weighted by Gasteiger charge is 2.34. The Morgan fingerprint density at radius 1 is 1.27 bits per heavy atom. The van der Waals surface area contributed by atoms with E-state index in [1.807, 2.05) is 27.7 Å². The van der Waals surface area contributed by atoms with Gasteiger partial charge in [-0.3, -0.25) is 0 Å².